The summed E-state index contributed by atoms with van der Waals surface area (Å²) in [5.74, 6) is -1.01. The van der Waals surface area contributed by atoms with Gasteiger partial charge in [0.2, 0.25) is 0 Å². The predicted molar refractivity (Wildman–Crippen MR) is 90.7 cm³/mol. The number of carboxylic acid groups (broad SMARTS) is 1. The third kappa shape index (κ3) is 3.49. The van der Waals surface area contributed by atoms with E-state index in [9.17, 15) is 4.79 Å². The van der Waals surface area contributed by atoms with Crippen molar-refractivity contribution in [1.82, 2.24) is 9.78 Å². The molecule has 0 atom stereocenters. The number of halogens is 1. The van der Waals surface area contributed by atoms with Crippen LogP contribution < -0.4 is 0 Å². The van der Waals surface area contributed by atoms with Crippen molar-refractivity contribution in [2.75, 3.05) is 0 Å². The van der Waals surface area contributed by atoms with Crippen molar-refractivity contribution in [2.45, 2.75) is 0 Å². The number of hydrogen-bond donors (Lipinski definition) is 1. The number of carboxylic acids is 1. The van der Waals surface area contributed by atoms with Crippen molar-refractivity contribution in [2.24, 2.45) is 0 Å². The molecule has 0 unspecified atom stereocenters. The number of aliphatic carboxylic acids is 1. The van der Waals surface area contributed by atoms with Gasteiger partial charge in [-0.3, -0.25) is 0 Å². The molecule has 0 aliphatic heterocycles. The van der Waals surface area contributed by atoms with Gasteiger partial charge in [0.25, 0.3) is 0 Å². The summed E-state index contributed by atoms with van der Waals surface area (Å²) >= 11 is 6.05. The van der Waals surface area contributed by atoms with E-state index < -0.39 is 5.97 Å². The molecule has 1 N–H and O–H groups in total. The molecule has 0 saturated heterocycles. The van der Waals surface area contributed by atoms with Crippen molar-refractivity contribution < 1.29 is 9.90 Å². The third-order valence-corrected chi connectivity index (χ3v) is 3.50. The van der Waals surface area contributed by atoms with E-state index in [0.29, 0.717) is 16.3 Å². The SMILES string of the molecule is O=C(O)/C=C/c1cn(-c2ccccc2)nc1-c1cccc(Cl)c1. The van der Waals surface area contributed by atoms with Gasteiger partial charge >= 0.3 is 5.97 Å². The van der Waals surface area contributed by atoms with Gasteiger partial charge in [0, 0.05) is 28.4 Å². The maximum Gasteiger partial charge on any atom is 0.328 e. The molecule has 4 nitrogen and oxygen atoms in total. The molecular weight excluding hydrogens is 312 g/mol. The van der Waals surface area contributed by atoms with Crippen molar-refractivity contribution in [3.63, 3.8) is 0 Å². The highest BCUT2D eigenvalue weighted by Crippen LogP contribution is 2.26. The maximum atomic E-state index is 10.8. The molecule has 114 valence electrons. The number of hydrogen-bond acceptors (Lipinski definition) is 2. The normalized spacial score (nSPS) is 11.0. The summed E-state index contributed by atoms with van der Waals surface area (Å²) in [5.41, 5.74) is 3.11. The third-order valence-electron chi connectivity index (χ3n) is 3.27. The van der Waals surface area contributed by atoms with E-state index >= 15 is 0 Å². The highest BCUT2D eigenvalue weighted by molar-refractivity contribution is 6.30. The summed E-state index contributed by atoms with van der Waals surface area (Å²) < 4.78 is 1.72. The minimum Gasteiger partial charge on any atom is -0.478 e. The van der Waals surface area contributed by atoms with E-state index in [-0.39, 0.29) is 0 Å². The van der Waals surface area contributed by atoms with Gasteiger partial charge in [-0.05, 0) is 30.3 Å². The van der Waals surface area contributed by atoms with Crippen molar-refractivity contribution in [3.8, 4) is 16.9 Å². The van der Waals surface area contributed by atoms with E-state index in [1.54, 1.807) is 23.0 Å². The van der Waals surface area contributed by atoms with Gasteiger partial charge in [-0.15, -0.1) is 0 Å². The second-order valence-corrected chi connectivity index (χ2v) is 5.33. The van der Waals surface area contributed by atoms with Gasteiger partial charge < -0.3 is 5.11 Å². The van der Waals surface area contributed by atoms with Gasteiger partial charge in [-0.2, -0.15) is 5.10 Å². The summed E-state index contributed by atoms with van der Waals surface area (Å²) in [5, 5.41) is 14.1. The van der Waals surface area contributed by atoms with E-state index in [2.05, 4.69) is 5.10 Å². The quantitative estimate of drug-likeness (QED) is 0.728. The molecule has 2 aromatic carbocycles. The molecule has 1 aromatic heterocycles. The van der Waals surface area contributed by atoms with Crippen LogP contribution in [0.3, 0.4) is 0 Å². The van der Waals surface area contributed by atoms with Crippen LogP contribution in [0.4, 0.5) is 0 Å². The van der Waals surface area contributed by atoms with Crippen molar-refractivity contribution >= 4 is 23.6 Å². The van der Waals surface area contributed by atoms with Crippen molar-refractivity contribution in [1.29, 1.82) is 0 Å². The molecule has 3 aromatic rings. The summed E-state index contributed by atoms with van der Waals surface area (Å²) in [6.45, 7) is 0. The number of para-hydroxylation sites is 1. The fourth-order valence-electron chi connectivity index (χ4n) is 2.24. The standard InChI is InChI=1S/C18H13ClN2O2/c19-15-6-4-5-13(11-15)18-14(9-10-17(22)23)12-21(20-18)16-7-2-1-3-8-16/h1-12H,(H,22,23)/b10-9+. The smallest absolute Gasteiger partial charge is 0.328 e. The molecule has 0 aliphatic carbocycles. The molecule has 23 heavy (non-hydrogen) atoms. The average Bonchev–Trinajstić information content (AvgIpc) is 2.98. The Morgan fingerprint density at radius 2 is 1.91 bits per heavy atom. The highest BCUT2D eigenvalue weighted by atomic mass is 35.5. The molecule has 0 amide bonds. The lowest BCUT2D eigenvalue weighted by Crippen LogP contribution is -1.93. The Labute approximate surface area is 138 Å². The first kappa shape index (κ1) is 15.1. The highest BCUT2D eigenvalue weighted by Gasteiger charge is 2.11. The van der Waals surface area contributed by atoms with Gasteiger partial charge in [0.05, 0.1) is 5.69 Å². The minimum absolute atomic E-state index is 0.602. The number of nitrogens with zero attached hydrogens (tertiary/aromatic N) is 2. The fourth-order valence-corrected chi connectivity index (χ4v) is 2.43. The van der Waals surface area contributed by atoms with Crippen LogP contribution in [-0.4, -0.2) is 20.9 Å². The summed E-state index contributed by atoms with van der Waals surface area (Å²) in [6.07, 6.45) is 4.43. The first-order valence-electron chi connectivity index (χ1n) is 6.95. The van der Waals surface area contributed by atoms with E-state index in [1.807, 2.05) is 42.5 Å². The molecule has 1 heterocycles. The zero-order chi connectivity index (χ0) is 16.2. The number of rotatable bonds is 4. The van der Waals surface area contributed by atoms with Gasteiger partial charge in [0.1, 0.15) is 5.69 Å². The summed E-state index contributed by atoms with van der Waals surface area (Å²) in [7, 11) is 0. The molecule has 0 aliphatic rings. The number of benzene rings is 2. The van der Waals surface area contributed by atoms with Gasteiger partial charge in [0.15, 0.2) is 0 Å². The number of carbonyl (C=O) groups is 1. The van der Waals surface area contributed by atoms with Crippen LogP contribution in [0.1, 0.15) is 5.56 Å². The van der Waals surface area contributed by atoms with Crippen LogP contribution in [0.25, 0.3) is 23.0 Å². The van der Waals surface area contributed by atoms with Gasteiger partial charge in [-0.25, -0.2) is 9.48 Å². The maximum absolute atomic E-state index is 10.8. The minimum atomic E-state index is -1.01. The van der Waals surface area contributed by atoms with E-state index in [4.69, 9.17) is 16.7 Å². The van der Waals surface area contributed by atoms with Crippen LogP contribution in [-0.2, 0) is 4.79 Å². The molecule has 0 saturated carbocycles. The molecular formula is C18H13ClN2O2. The van der Waals surface area contributed by atoms with E-state index in [1.165, 1.54) is 6.08 Å². The Morgan fingerprint density at radius 3 is 2.61 bits per heavy atom. The van der Waals surface area contributed by atoms with Crippen molar-refractivity contribution in [3.05, 3.63) is 77.5 Å². The monoisotopic (exact) mass is 324 g/mol. The Hall–Kier alpha value is -2.85. The molecule has 5 heteroatoms. The first-order chi connectivity index (χ1) is 11.1. The summed E-state index contributed by atoms with van der Waals surface area (Å²) in [6, 6.07) is 16.9. The lowest BCUT2D eigenvalue weighted by molar-refractivity contribution is -0.131. The lowest BCUT2D eigenvalue weighted by atomic mass is 10.1. The summed E-state index contributed by atoms with van der Waals surface area (Å²) in [4.78, 5) is 10.8. The second-order valence-electron chi connectivity index (χ2n) is 4.90. The van der Waals surface area contributed by atoms with Crippen LogP contribution in [0.15, 0.2) is 66.9 Å². The fraction of sp³-hybridized carbons (Fsp3) is 0. The average molecular weight is 325 g/mol. The van der Waals surface area contributed by atoms with Crippen LogP contribution in [0.2, 0.25) is 5.02 Å². The van der Waals surface area contributed by atoms with Crippen LogP contribution >= 0.6 is 11.6 Å². The molecule has 0 radical (unpaired) electrons. The Balaban J connectivity index is 2.13. The first-order valence-corrected chi connectivity index (χ1v) is 7.33. The molecule has 0 spiro atoms. The lowest BCUT2D eigenvalue weighted by Gasteiger charge is -2.01. The molecule has 3 rings (SSSR count). The Bertz CT molecular complexity index is 870. The Kier molecular flexibility index (Phi) is 4.26. The van der Waals surface area contributed by atoms with Crippen LogP contribution in [0, 0.1) is 0 Å². The zero-order valence-corrected chi connectivity index (χ0v) is 12.8. The Morgan fingerprint density at radius 1 is 1.13 bits per heavy atom. The topological polar surface area (TPSA) is 55.1 Å². The number of aromatic nitrogens is 2. The van der Waals surface area contributed by atoms with E-state index in [0.717, 1.165) is 17.3 Å². The zero-order valence-electron chi connectivity index (χ0n) is 12.1. The molecule has 0 fully saturated rings. The largest absolute Gasteiger partial charge is 0.478 e. The molecule has 0 bridgehead atoms. The van der Waals surface area contributed by atoms with Gasteiger partial charge in [-0.1, -0.05) is 41.9 Å². The van der Waals surface area contributed by atoms with Crippen LogP contribution in [0.5, 0.6) is 0 Å². The predicted octanol–water partition coefficient (Wildman–Crippen LogP) is 4.29. The second kappa shape index (κ2) is 6.50.